The van der Waals surface area contributed by atoms with E-state index in [4.69, 9.17) is 0 Å². The van der Waals surface area contributed by atoms with Crippen LogP contribution in [0.15, 0.2) is 24.3 Å². The Morgan fingerprint density at radius 2 is 2.00 bits per heavy atom. The number of nitro benzene ring substituents is 1. The van der Waals surface area contributed by atoms with E-state index in [1.165, 1.54) is 10.7 Å². The quantitative estimate of drug-likeness (QED) is 0.569. The van der Waals surface area contributed by atoms with Crippen molar-refractivity contribution in [3.63, 3.8) is 0 Å². The van der Waals surface area contributed by atoms with Crippen LogP contribution in [0.25, 0.3) is 5.69 Å². The van der Waals surface area contributed by atoms with Gasteiger partial charge >= 0.3 is 0 Å². The third-order valence-electron chi connectivity index (χ3n) is 2.43. The molecular formula is C10H10N4O2. The highest BCUT2D eigenvalue weighted by atomic mass is 16.6. The first-order valence-electron chi connectivity index (χ1n) is 4.74. The highest BCUT2D eigenvalue weighted by molar-refractivity contribution is 5.52. The highest BCUT2D eigenvalue weighted by Crippen LogP contribution is 2.22. The molecule has 0 radical (unpaired) electrons. The smallest absolute Gasteiger partial charge is 0.258 e. The topological polar surface area (TPSA) is 73.8 Å². The molecule has 2 rings (SSSR count). The van der Waals surface area contributed by atoms with Gasteiger partial charge < -0.3 is 0 Å². The number of aryl methyl sites for hydroxylation is 1. The Bertz CT molecular complexity index is 548. The Labute approximate surface area is 91.7 Å². The number of nitrogens with zero attached hydrogens (tertiary/aromatic N) is 4. The summed E-state index contributed by atoms with van der Waals surface area (Å²) < 4.78 is 1.48. The third kappa shape index (κ3) is 1.54. The Morgan fingerprint density at radius 1 is 1.31 bits per heavy atom. The van der Waals surface area contributed by atoms with Crippen LogP contribution < -0.4 is 0 Å². The minimum absolute atomic E-state index is 0.0236. The molecule has 0 saturated heterocycles. The second-order valence-electron chi connectivity index (χ2n) is 3.42. The number of hydrogen-bond donors (Lipinski definition) is 0. The third-order valence-corrected chi connectivity index (χ3v) is 2.43. The molecule has 0 aliphatic heterocycles. The predicted molar refractivity (Wildman–Crippen MR) is 57.5 cm³/mol. The van der Waals surface area contributed by atoms with E-state index >= 15 is 0 Å². The van der Waals surface area contributed by atoms with Gasteiger partial charge in [-0.2, -0.15) is 0 Å². The first kappa shape index (κ1) is 10.3. The molecule has 1 heterocycles. The van der Waals surface area contributed by atoms with Crippen molar-refractivity contribution < 1.29 is 4.92 Å². The van der Waals surface area contributed by atoms with Gasteiger partial charge in [-0.3, -0.25) is 10.1 Å². The predicted octanol–water partition coefficient (Wildman–Crippen LogP) is 1.79. The van der Waals surface area contributed by atoms with Gasteiger partial charge in [0.15, 0.2) is 0 Å². The van der Waals surface area contributed by atoms with Crippen molar-refractivity contribution >= 4 is 5.69 Å². The number of rotatable bonds is 2. The molecule has 82 valence electrons. The highest BCUT2D eigenvalue weighted by Gasteiger charge is 2.17. The normalized spacial score (nSPS) is 10.4. The van der Waals surface area contributed by atoms with Crippen molar-refractivity contribution in [1.29, 1.82) is 0 Å². The summed E-state index contributed by atoms with van der Waals surface area (Å²) in [7, 11) is 0. The Balaban J connectivity index is 2.64. The lowest BCUT2D eigenvalue weighted by molar-refractivity contribution is -0.384. The van der Waals surface area contributed by atoms with Crippen molar-refractivity contribution in [2.24, 2.45) is 0 Å². The molecule has 1 aromatic carbocycles. The maximum Gasteiger partial charge on any atom is 0.294 e. The molecule has 0 spiro atoms. The molecule has 0 saturated carbocycles. The SMILES string of the molecule is Cc1nnn(-c2ccccc2[N+](=O)[O-])c1C. The van der Waals surface area contributed by atoms with Gasteiger partial charge in [0.25, 0.3) is 5.69 Å². The number of nitro groups is 1. The van der Waals surface area contributed by atoms with Crippen LogP contribution in [0, 0.1) is 24.0 Å². The maximum absolute atomic E-state index is 10.9. The summed E-state index contributed by atoms with van der Waals surface area (Å²) in [6, 6.07) is 6.46. The van der Waals surface area contributed by atoms with E-state index in [1.807, 2.05) is 13.8 Å². The van der Waals surface area contributed by atoms with Gasteiger partial charge in [0.05, 0.1) is 16.3 Å². The molecule has 0 aliphatic carbocycles. The van der Waals surface area contributed by atoms with Crippen LogP contribution in [0.5, 0.6) is 0 Å². The average molecular weight is 218 g/mol. The minimum Gasteiger partial charge on any atom is -0.258 e. The summed E-state index contributed by atoms with van der Waals surface area (Å²) in [4.78, 5) is 10.4. The van der Waals surface area contributed by atoms with Gasteiger partial charge in [-0.25, -0.2) is 4.68 Å². The second kappa shape index (κ2) is 3.73. The lowest BCUT2D eigenvalue weighted by Gasteiger charge is -2.03. The van der Waals surface area contributed by atoms with Crippen molar-refractivity contribution in [1.82, 2.24) is 15.0 Å². The van der Waals surface area contributed by atoms with Crippen LogP contribution in [0.3, 0.4) is 0 Å². The zero-order chi connectivity index (χ0) is 11.7. The standard InChI is InChI=1S/C10H10N4O2/c1-7-8(2)13(12-11-7)9-5-3-4-6-10(9)14(15)16/h3-6H,1-2H3. The van der Waals surface area contributed by atoms with E-state index in [9.17, 15) is 10.1 Å². The summed E-state index contributed by atoms with van der Waals surface area (Å²) in [6.45, 7) is 3.64. The Morgan fingerprint density at radius 3 is 2.56 bits per heavy atom. The summed E-state index contributed by atoms with van der Waals surface area (Å²) in [6.07, 6.45) is 0. The molecular weight excluding hydrogens is 208 g/mol. The van der Waals surface area contributed by atoms with E-state index in [2.05, 4.69) is 10.3 Å². The van der Waals surface area contributed by atoms with Crippen LogP contribution >= 0.6 is 0 Å². The van der Waals surface area contributed by atoms with E-state index in [0.717, 1.165) is 11.4 Å². The fourth-order valence-electron chi connectivity index (χ4n) is 1.43. The average Bonchev–Trinajstić information content (AvgIpc) is 2.60. The van der Waals surface area contributed by atoms with Crippen LogP contribution in [0.4, 0.5) is 5.69 Å². The van der Waals surface area contributed by atoms with Crippen LogP contribution in [0.1, 0.15) is 11.4 Å². The van der Waals surface area contributed by atoms with E-state index < -0.39 is 4.92 Å². The number of benzene rings is 1. The Hall–Kier alpha value is -2.24. The molecule has 1 aromatic heterocycles. The minimum atomic E-state index is -0.425. The summed E-state index contributed by atoms with van der Waals surface area (Å²) in [5.74, 6) is 0. The van der Waals surface area contributed by atoms with E-state index in [1.54, 1.807) is 18.2 Å². The van der Waals surface area contributed by atoms with Gasteiger partial charge in [-0.15, -0.1) is 5.10 Å². The monoisotopic (exact) mass is 218 g/mol. The molecule has 6 nitrogen and oxygen atoms in total. The number of hydrogen-bond acceptors (Lipinski definition) is 4. The molecule has 16 heavy (non-hydrogen) atoms. The van der Waals surface area contributed by atoms with Gasteiger partial charge in [0, 0.05) is 6.07 Å². The van der Waals surface area contributed by atoms with Crippen molar-refractivity contribution in [2.75, 3.05) is 0 Å². The zero-order valence-corrected chi connectivity index (χ0v) is 8.91. The molecule has 0 bridgehead atoms. The van der Waals surface area contributed by atoms with Gasteiger partial charge in [0.2, 0.25) is 0 Å². The molecule has 0 fully saturated rings. The largest absolute Gasteiger partial charge is 0.294 e. The molecule has 0 unspecified atom stereocenters. The fraction of sp³-hybridized carbons (Fsp3) is 0.200. The molecule has 0 amide bonds. The second-order valence-corrected chi connectivity index (χ2v) is 3.42. The van der Waals surface area contributed by atoms with Crippen molar-refractivity contribution in [2.45, 2.75) is 13.8 Å². The summed E-state index contributed by atoms with van der Waals surface area (Å²) >= 11 is 0. The molecule has 0 N–H and O–H groups in total. The lowest BCUT2D eigenvalue weighted by atomic mass is 10.2. The van der Waals surface area contributed by atoms with Crippen molar-refractivity contribution in [3.8, 4) is 5.69 Å². The fourth-order valence-corrected chi connectivity index (χ4v) is 1.43. The van der Waals surface area contributed by atoms with Gasteiger partial charge in [0.1, 0.15) is 5.69 Å². The van der Waals surface area contributed by atoms with Crippen LogP contribution in [-0.2, 0) is 0 Å². The van der Waals surface area contributed by atoms with Crippen molar-refractivity contribution in [3.05, 3.63) is 45.8 Å². The van der Waals surface area contributed by atoms with E-state index in [-0.39, 0.29) is 5.69 Å². The first-order valence-corrected chi connectivity index (χ1v) is 4.74. The van der Waals surface area contributed by atoms with Crippen LogP contribution in [0.2, 0.25) is 0 Å². The number of aromatic nitrogens is 3. The molecule has 0 aliphatic rings. The molecule has 6 heteroatoms. The van der Waals surface area contributed by atoms with Gasteiger partial charge in [-0.1, -0.05) is 17.3 Å². The summed E-state index contributed by atoms with van der Waals surface area (Å²) in [5.41, 5.74) is 2.02. The van der Waals surface area contributed by atoms with E-state index in [0.29, 0.717) is 5.69 Å². The zero-order valence-electron chi connectivity index (χ0n) is 8.91. The molecule has 0 atom stereocenters. The first-order chi connectivity index (χ1) is 7.61. The molecule has 2 aromatic rings. The van der Waals surface area contributed by atoms with Crippen LogP contribution in [-0.4, -0.2) is 19.9 Å². The lowest BCUT2D eigenvalue weighted by Crippen LogP contribution is -2.03. The van der Waals surface area contributed by atoms with Gasteiger partial charge in [-0.05, 0) is 19.9 Å². The summed E-state index contributed by atoms with van der Waals surface area (Å²) in [5, 5.41) is 18.6. The number of para-hydroxylation sites is 2. The maximum atomic E-state index is 10.9. The Kier molecular flexibility index (Phi) is 2.40.